The number of oxime groups is 1. The van der Waals surface area contributed by atoms with Gasteiger partial charge in [0.2, 0.25) is 5.91 Å². The van der Waals surface area contributed by atoms with Gasteiger partial charge in [-0.15, -0.1) is 11.6 Å². The molecule has 1 unspecified atom stereocenters. The predicted octanol–water partition coefficient (Wildman–Crippen LogP) is 6.94. The van der Waals surface area contributed by atoms with Gasteiger partial charge in [-0.25, -0.2) is 0 Å². The summed E-state index contributed by atoms with van der Waals surface area (Å²) in [5.74, 6) is -0.315. The van der Waals surface area contributed by atoms with Crippen molar-refractivity contribution in [3.63, 3.8) is 0 Å². The van der Waals surface area contributed by atoms with Crippen molar-refractivity contribution < 1.29 is 22.8 Å². The van der Waals surface area contributed by atoms with Crippen LogP contribution < -0.4 is 10.9 Å². The molecule has 0 radical (unpaired) electrons. The third-order valence-corrected chi connectivity index (χ3v) is 6.51. The second kappa shape index (κ2) is 9.41. The van der Waals surface area contributed by atoms with Crippen LogP contribution in [0.4, 0.5) is 18.9 Å². The van der Waals surface area contributed by atoms with E-state index >= 15 is 0 Å². The molecule has 1 aliphatic rings. The van der Waals surface area contributed by atoms with Crippen LogP contribution in [0.25, 0.3) is 0 Å². The topological polar surface area (TPSA) is 62.7 Å². The van der Waals surface area contributed by atoms with Crippen LogP contribution in [0.2, 0.25) is 15.1 Å². The van der Waals surface area contributed by atoms with Gasteiger partial charge in [0.15, 0.2) is 0 Å². The van der Waals surface area contributed by atoms with Crippen LogP contribution in [-0.4, -0.2) is 23.7 Å². The van der Waals surface area contributed by atoms with Crippen LogP contribution in [0.3, 0.4) is 0 Å². The minimum Gasteiger partial charge on any atom is -0.374 e. The van der Waals surface area contributed by atoms with Gasteiger partial charge < -0.3 is 4.84 Å². The second-order valence-electron chi connectivity index (χ2n) is 8.08. The fraction of sp³-hybridized carbons (Fsp3) is 0.333. The number of hydrogen-bond acceptors (Lipinski definition) is 4. The van der Waals surface area contributed by atoms with Crippen molar-refractivity contribution in [3.8, 4) is 0 Å². The van der Waals surface area contributed by atoms with Crippen LogP contribution in [0.15, 0.2) is 41.6 Å². The normalized spacial score (nSPS) is 18.5. The summed E-state index contributed by atoms with van der Waals surface area (Å²) in [5, 5.41) is 4.01. The van der Waals surface area contributed by atoms with E-state index in [1.807, 2.05) is 0 Å². The molecule has 0 bridgehead atoms. The average Bonchev–Trinajstić information content (AvgIpc) is 3.19. The molecule has 0 saturated heterocycles. The lowest BCUT2D eigenvalue weighted by Gasteiger charge is -2.29. The zero-order chi connectivity index (χ0) is 24.6. The Morgan fingerprint density at radius 3 is 2.33 bits per heavy atom. The molecule has 12 heteroatoms. The molecular weight excluding hydrogens is 525 g/mol. The molecule has 0 aromatic heterocycles. The number of halogens is 7. The van der Waals surface area contributed by atoms with Crippen molar-refractivity contribution in [2.24, 2.45) is 10.6 Å². The van der Waals surface area contributed by atoms with E-state index in [9.17, 15) is 18.0 Å². The standard InChI is InChI=1S/C21H18Cl4F3N3O2/c1-19(2,10-22)18(32)30-29-16-5-11(3-4-15(16)25)17-9-20(33-31-17,21(26,27)28)12-6-13(23)8-14(24)7-12/h3-8,29H,9-10H2,1-2H3,(H,30,32). The maximum absolute atomic E-state index is 14.2. The SMILES string of the molecule is CC(C)(CCl)C(=O)NNc1cc(C2=NOC(c3cc(Cl)cc(Cl)c3)(C(F)(F)F)C2)ccc1Cl. The highest BCUT2D eigenvalue weighted by atomic mass is 35.5. The van der Waals surface area contributed by atoms with Gasteiger partial charge in [-0.05, 0) is 44.2 Å². The van der Waals surface area contributed by atoms with Gasteiger partial charge in [-0.3, -0.25) is 15.6 Å². The predicted molar refractivity (Wildman–Crippen MR) is 124 cm³/mol. The highest BCUT2D eigenvalue weighted by molar-refractivity contribution is 6.34. The lowest BCUT2D eigenvalue weighted by atomic mass is 9.86. The fourth-order valence-electron chi connectivity index (χ4n) is 3.00. The monoisotopic (exact) mass is 541 g/mol. The van der Waals surface area contributed by atoms with Gasteiger partial charge in [0.05, 0.1) is 21.8 Å². The molecule has 178 valence electrons. The zero-order valence-electron chi connectivity index (χ0n) is 17.3. The highest BCUT2D eigenvalue weighted by Gasteiger charge is 2.62. The van der Waals surface area contributed by atoms with E-state index in [2.05, 4.69) is 16.0 Å². The summed E-state index contributed by atoms with van der Waals surface area (Å²) in [6, 6.07) is 8.02. The van der Waals surface area contributed by atoms with E-state index in [1.54, 1.807) is 13.8 Å². The number of hydrazine groups is 1. The molecule has 2 aromatic rings. The maximum Gasteiger partial charge on any atom is 0.435 e. The number of alkyl halides is 4. The first-order valence-electron chi connectivity index (χ1n) is 9.50. The average molecular weight is 543 g/mol. The summed E-state index contributed by atoms with van der Waals surface area (Å²) in [5.41, 5.74) is 1.87. The summed E-state index contributed by atoms with van der Waals surface area (Å²) in [7, 11) is 0. The number of hydrogen-bond donors (Lipinski definition) is 2. The first-order chi connectivity index (χ1) is 15.3. The number of carbonyl (C=O) groups excluding carboxylic acids is 1. The minimum atomic E-state index is -4.82. The molecule has 0 aliphatic carbocycles. The van der Waals surface area contributed by atoms with E-state index in [0.717, 1.165) is 12.1 Å². The number of benzene rings is 2. The van der Waals surface area contributed by atoms with E-state index in [1.165, 1.54) is 24.3 Å². The first-order valence-corrected chi connectivity index (χ1v) is 11.2. The van der Waals surface area contributed by atoms with Crippen molar-refractivity contribution in [1.29, 1.82) is 0 Å². The number of rotatable bonds is 6. The molecule has 2 aromatic carbocycles. The van der Waals surface area contributed by atoms with Gasteiger partial charge >= 0.3 is 6.18 Å². The van der Waals surface area contributed by atoms with Crippen molar-refractivity contribution >= 4 is 63.7 Å². The smallest absolute Gasteiger partial charge is 0.374 e. The Morgan fingerprint density at radius 2 is 1.76 bits per heavy atom. The van der Waals surface area contributed by atoms with Crippen LogP contribution in [0.1, 0.15) is 31.4 Å². The Morgan fingerprint density at radius 1 is 1.12 bits per heavy atom. The van der Waals surface area contributed by atoms with Crippen LogP contribution in [0, 0.1) is 5.41 Å². The van der Waals surface area contributed by atoms with Gasteiger partial charge in [-0.2, -0.15) is 13.2 Å². The number of amides is 1. The van der Waals surface area contributed by atoms with Gasteiger partial charge in [0.1, 0.15) is 0 Å². The lowest BCUT2D eigenvalue weighted by Crippen LogP contribution is -2.42. The second-order valence-corrected chi connectivity index (χ2v) is 9.63. The van der Waals surface area contributed by atoms with Crippen molar-refractivity contribution in [2.45, 2.75) is 32.0 Å². The van der Waals surface area contributed by atoms with Crippen molar-refractivity contribution in [1.82, 2.24) is 5.43 Å². The Kier molecular flexibility index (Phi) is 7.34. The number of carbonyl (C=O) groups is 1. The summed E-state index contributed by atoms with van der Waals surface area (Å²) in [6.45, 7) is 3.30. The van der Waals surface area contributed by atoms with Crippen LogP contribution >= 0.6 is 46.4 Å². The molecule has 1 amide bonds. The summed E-state index contributed by atoms with van der Waals surface area (Å²) >= 11 is 23.8. The molecule has 0 saturated carbocycles. The van der Waals surface area contributed by atoms with Gasteiger partial charge in [-0.1, -0.05) is 46.0 Å². The van der Waals surface area contributed by atoms with Crippen LogP contribution in [0.5, 0.6) is 0 Å². The fourth-order valence-corrected chi connectivity index (χ4v) is 3.81. The molecule has 1 aliphatic heterocycles. The largest absolute Gasteiger partial charge is 0.435 e. The molecule has 2 N–H and O–H groups in total. The molecule has 0 spiro atoms. The number of nitrogens with one attached hydrogen (secondary N) is 2. The Labute approximate surface area is 208 Å². The summed E-state index contributed by atoms with van der Waals surface area (Å²) < 4.78 is 42.5. The molecule has 1 heterocycles. The van der Waals surface area contributed by atoms with Gasteiger partial charge in [0, 0.05) is 33.5 Å². The maximum atomic E-state index is 14.2. The molecule has 0 fully saturated rings. The van der Waals surface area contributed by atoms with Crippen molar-refractivity contribution in [2.75, 3.05) is 11.3 Å². The quantitative estimate of drug-likeness (QED) is 0.307. The third kappa shape index (κ3) is 5.29. The van der Waals surface area contributed by atoms with E-state index < -0.39 is 29.5 Å². The lowest BCUT2D eigenvalue weighted by molar-refractivity contribution is -0.275. The minimum absolute atomic E-state index is 0.0237. The summed E-state index contributed by atoms with van der Waals surface area (Å²) in [6.07, 6.45) is -5.44. The zero-order valence-corrected chi connectivity index (χ0v) is 20.3. The number of nitrogens with zero attached hydrogens (tertiary/aromatic N) is 1. The first kappa shape index (κ1) is 25.7. The van der Waals surface area contributed by atoms with Gasteiger partial charge in [0.25, 0.3) is 5.60 Å². The van der Waals surface area contributed by atoms with Crippen molar-refractivity contribution in [3.05, 3.63) is 62.6 Å². The Hall–Kier alpha value is -1.87. The van der Waals surface area contributed by atoms with Crippen LogP contribution in [-0.2, 0) is 15.2 Å². The molecular formula is C21H18Cl4F3N3O2. The Balaban J connectivity index is 1.89. The molecule has 5 nitrogen and oxygen atoms in total. The van der Waals surface area contributed by atoms with E-state index in [-0.39, 0.29) is 37.9 Å². The molecule has 3 rings (SSSR count). The van der Waals surface area contributed by atoms with E-state index in [0.29, 0.717) is 5.56 Å². The Bertz CT molecular complexity index is 1090. The molecule has 33 heavy (non-hydrogen) atoms. The number of anilines is 1. The summed E-state index contributed by atoms with van der Waals surface area (Å²) in [4.78, 5) is 17.2. The molecule has 1 atom stereocenters. The third-order valence-electron chi connectivity index (χ3n) is 5.07. The highest BCUT2D eigenvalue weighted by Crippen LogP contribution is 2.49. The van der Waals surface area contributed by atoms with E-state index in [4.69, 9.17) is 51.2 Å².